The van der Waals surface area contributed by atoms with Crippen molar-refractivity contribution in [2.24, 2.45) is 11.7 Å². The minimum absolute atomic E-state index is 0.638. The largest absolute Gasteiger partial charge is 0.376 e. The summed E-state index contributed by atoms with van der Waals surface area (Å²) < 4.78 is 5.80. The van der Waals surface area contributed by atoms with Crippen molar-refractivity contribution in [2.45, 2.75) is 52.7 Å². The molecule has 1 atom stereocenters. The van der Waals surface area contributed by atoms with Crippen LogP contribution in [0.3, 0.4) is 0 Å². The Bertz CT molecular complexity index is 298. The van der Waals surface area contributed by atoms with Crippen LogP contribution in [0.15, 0.2) is 12.1 Å². The fourth-order valence-corrected chi connectivity index (χ4v) is 2.67. The molecule has 1 unspecified atom stereocenters. The van der Waals surface area contributed by atoms with E-state index in [0.717, 1.165) is 19.1 Å². The summed E-state index contributed by atoms with van der Waals surface area (Å²) in [5.74, 6) is 0.726. The Balaban J connectivity index is 2.21. The Kier molecular flexibility index (Phi) is 7.49. The number of nitrogens with two attached hydrogens (primary N) is 1. The molecule has 0 aliphatic rings. The minimum atomic E-state index is 0.638. The quantitative estimate of drug-likeness (QED) is 0.725. The molecule has 98 valence electrons. The van der Waals surface area contributed by atoms with Crippen LogP contribution in [0.25, 0.3) is 0 Å². The molecule has 1 heterocycles. The van der Waals surface area contributed by atoms with Gasteiger partial charge in [-0.1, -0.05) is 33.1 Å². The number of thiophene rings is 1. The summed E-state index contributed by atoms with van der Waals surface area (Å²) in [5.41, 5.74) is 5.59. The smallest absolute Gasteiger partial charge is 0.0809 e. The summed E-state index contributed by atoms with van der Waals surface area (Å²) in [4.78, 5) is 2.53. The van der Waals surface area contributed by atoms with E-state index >= 15 is 0 Å². The van der Waals surface area contributed by atoms with Gasteiger partial charge in [-0.3, -0.25) is 0 Å². The lowest BCUT2D eigenvalue weighted by atomic mass is 10.0. The van der Waals surface area contributed by atoms with Crippen LogP contribution in [-0.4, -0.2) is 6.61 Å². The number of hydrogen-bond donors (Lipinski definition) is 1. The molecule has 3 heteroatoms. The zero-order chi connectivity index (χ0) is 12.5. The van der Waals surface area contributed by atoms with E-state index < -0.39 is 0 Å². The van der Waals surface area contributed by atoms with Crippen molar-refractivity contribution >= 4 is 11.3 Å². The predicted molar refractivity (Wildman–Crippen MR) is 75.2 cm³/mol. The van der Waals surface area contributed by atoms with Gasteiger partial charge in [0.1, 0.15) is 0 Å². The highest BCUT2D eigenvalue weighted by atomic mass is 32.1. The highest BCUT2D eigenvalue weighted by Gasteiger charge is 2.06. The van der Waals surface area contributed by atoms with Gasteiger partial charge < -0.3 is 10.5 Å². The van der Waals surface area contributed by atoms with Crippen LogP contribution in [0.1, 0.15) is 49.3 Å². The monoisotopic (exact) mass is 255 g/mol. The Morgan fingerprint density at radius 2 is 2.06 bits per heavy atom. The maximum absolute atomic E-state index is 5.80. The Hall–Kier alpha value is -0.380. The van der Waals surface area contributed by atoms with Gasteiger partial charge >= 0.3 is 0 Å². The SMILES string of the molecule is CCCCC(CC)COCc1ccc(CN)s1. The molecular weight excluding hydrogens is 230 g/mol. The molecule has 0 aliphatic heterocycles. The second-order valence-corrected chi connectivity index (χ2v) is 5.76. The van der Waals surface area contributed by atoms with Crippen molar-refractivity contribution in [1.82, 2.24) is 0 Å². The molecule has 2 nitrogen and oxygen atoms in total. The highest BCUT2D eigenvalue weighted by molar-refractivity contribution is 7.11. The standard InChI is InChI=1S/C14H25NOS/c1-3-5-6-12(4-2)10-16-11-14-8-7-13(9-15)17-14/h7-8,12H,3-6,9-11,15H2,1-2H3. The number of rotatable bonds is 9. The van der Waals surface area contributed by atoms with Gasteiger partial charge in [0.2, 0.25) is 0 Å². The lowest BCUT2D eigenvalue weighted by molar-refractivity contribution is 0.0836. The van der Waals surface area contributed by atoms with Gasteiger partial charge in [-0.05, 0) is 24.5 Å². The van der Waals surface area contributed by atoms with E-state index in [1.54, 1.807) is 11.3 Å². The topological polar surface area (TPSA) is 35.2 Å². The van der Waals surface area contributed by atoms with Crippen LogP contribution in [-0.2, 0) is 17.9 Å². The Labute approximate surface area is 109 Å². The lowest BCUT2D eigenvalue weighted by Gasteiger charge is -2.14. The van der Waals surface area contributed by atoms with E-state index in [0.29, 0.717) is 6.54 Å². The first-order valence-corrected chi connectivity index (χ1v) is 7.47. The molecular formula is C14H25NOS. The first-order chi connectivity index (χ1) is 8.30. The molecule has 17 heavy (non-hydrogen) atoms. The van der Waals surface area contributed by atoms with Gasteiger partial charge in [0.15, 0.2) is 0 Å². The van der Waals surface area contributed by atoms with E-state index in [4.69, 9.17) is 10.5 Å². The number of ether oxygens (including phenoxy) is 1. The maximum Gasteiger partial charge on any atom is 0.0809 e. The zero-order valence-electron chi connectivity index (χ0n) is 11.1. The maximum atomic E-state index is 5.80. The van der Waals surface area contributed by atoms with Crippen LogP contribution in [0, 0.1) is 5.92 Å². The van der Waals surface area contributed by atoms with E-state index in [-0.39, 0.29) is 0 Å². The van der Waals surface area contributed by atoms with E-state index in [9.17, 15) is 0 Å². The second-order valence-electron chi connectivity index (χ2n) is 4.50. The van der Waals surface area contributed by atoms with Crippen LogP contribution in [0.2, 0.25) is 0 Å². The van der Waals surface area contributed by atoms with Crippen molar-refractivity contribution in [2.75, 3.05) is 6.61 Å². The molecule has 0 aliphatic carbocycles. The fourth-order valence-electron chi connectivity index (χ4n) is 1.83. The van der Waals surface area contributed by atoms with Crippen LogP contribution < -0.4 is 5.73 Å². The average Bonchev–Trinajstić information content (AvgIpc) is 2.81. The normalized spacial score (nSPS) is 12.9. The van der Waals surface area contributed by atoms with Crippen molar-refractivity contribution < 1.29 is 4.74 Å². The number of unbranched alkanes of at least 4 members (excludes halogenated alkanes) is 1. The minimum Gasteiger partial charge on any atom is -0.376 e. The molecule has 0 saturated carbocycles. The van der Waals surface area contributed by atoms with Gasteiger partial charge in [0.05, 0.1) is 6.61 Å². The van der Waals surface area contributed by atoms with Gasteiger partial charge in [-0.2, -0.15) is 0 Å². The summed E-state index contributed by atoms with van der Waals surface area (Å²) in [7, 11) is 0. The molecule has 1 rings (SSSR count). The number of hydrogen-bond acceptors (Lipinski definition) is 3. The van der Waals surface area contributed by atoms with E-state index in [1.165, 1.54) is 35.4 Å². The summed E-state index contributed by atoms with van der Waals surface area (Å²) >= 11 is 1.76. The van der Waals surface area contributed by atoms with Crippen LogP contribution in [0.4, 0.5) is 0 Å². The molecule has 2 N–H and O–H groups in total. The molecule has 0 aromatic carbocycles. The first kappa shape index (κ1) is 14.7. The molecule has 0 amide bonds. The molecule has 0 fully saturated rings. The Morgan fingerprint density at radius 1 is 1.29 bits per heavy atom. The lowest BCUT2D eigenvalue weighted by Crippen LogP contribution is -2.08. The molecule has 0 radical (unpaired) electrons. The summed E-state index contributed by atoms with van der Waals surface area (Å²) in [5, 5.41) is 0. The summed E-state index contributed by atoms with van der Waals surface area (Å²) in [6.45, 7) is 6.77. The van der Waals surface area contributed by atoms with E-state index in [2.05, 4.69) is 26.0 Å². The van der Waals surface area contributed by atoms with Gasteiger partial charge in [0.25, 0.3) is 0 Å². The van der Waals surface area contributed by atoms with Crippen molar-refractivity contribution in [1.29, 1.82) is 0 Å². The summed E-state index contributed by atoms with van der Waals surface area (Å²) in [6.07, 6.45) is 5.11. The molecule has 1 aromatic rings. The van der Waals surface area contributed by atoms with Crippen molar-refractivity contribution in [3.05, 3.63) is 21.9 Å². The predicted octanol–water partition coefficient (Wildman–Crippen LogP) is 3.94. The third-order valence-corrected chi connectivity index (χ3v) is 4.14. The molecule has 0 bridgehead atoms. The van der Waals surface area contributed by atoms with Gasteiger partial charge in [-0.25, -0.2) is 0 Å². The van der Waals surface area contributed by atoms with Crippen molar-refractivity contribution in [3.8, 4) is 0 Å². The first-order valence-electron chi connectivity index (χ1n) is 6.65. The molecule has 0 spiro atoms. The highest BCUT2D eigenvalue weighted by Crippen LogP contribution is 2.18. The van der Waals surface area contributed by atoms with Crippen LogP contribution in [0.5, 0.6) is 0 Å². The Morgan fingerprint density at radius 3 is 2.65 bits per heavy atom. The fraction of sp³-hybridized carbons (Fsp3) is 0.714. The molecule has 0 saturated heterocycles. The van der Waals surface area contributed by atoms with Crippen LogP contribution >= 0.6 is 11.3 Å². The second kappa shape index (κ2) is 8.67. The van der Waals surface area contributed by atoms with Crippen molar-refractivity contribution in [3.63, 3.8) is 0 Å². The van der Waals surface area contributed by atoms with E-state index in [1.807, 2.05) is 0 Å². The third kappa shape index (κ3) is 5.66. The third-order valence-electron chi connectivity index (χ3n) is 3.06. The van der Waals surface area contributed by atoms with Gasteiger partial charge in [0, 0.05) is 22.9 Å². The zero-order valence-corrected chi connectivity index (χ0v) is 11.9. The summed E-state index contributed by atoms with van der Waals surface area (Å²) in [6, 6.07) is 4.22. The van der Waals surface area contributed by atoms with Gasteiger partial charge in [-0.15, -0.1) is 11.3 Å². The average molecular weight is 255 g/mol. The molecule has 1 aromatic heterocycles.